The summed E-state index contributed by atoms with van der Waals surface area (Å²) in [7, 11) is -2.09. The molecule has 0 bridgehead atoms. The van der Waals surface area contributed by atoms with Gasteiger partial charge in [0.25, 0.3) is 0 Å². The van der Waals surface area contributed by atoms with Crippen molar-refractivity contribution in [3.8, 4) is 0 Å². The minimum absolute atomic E-state index is 0.0252. The highest BCUT2D eigenvalue weighted by Gasteiger charge is 2.44. The average molecular weight is 449 g/mol. The third-order valence-electron chi connectivity index (χ3n) is 6.28. The van der Waals surface area contributed by atoms with Gasteiger partial charge in [0.05, 0.1) is 24.8 Å². The van der Waals surface area contributed by atoms with Crippen LogP contribution in [0.1, 0.15) is 45.6 Å². The number of carbonyl (C=O) groups excluding carboxylic acids is 1. The number of azide groups is 1. The highest BCUT2D eigenvalue weighted by Crippen LogP contribution is 2.39. The molecular formula is C22H36N4O4Si. The lowest BCUT2D eigenvalue weighted by molar-refractivity contribution is -0.00959. The predicted molar refractivity (Wildman–Crippen MR) is 123 cm³/mol. The molecule has 172 valence electrons. The summed E-state index contributed by atoms with van der Waals surface area (Å²) in [6, 6.07) is 9.21. The van der Waals surface area contributed by atoms with Crippen LogP contribution in [0.2, 0.25) is 18.1 Å². The van der Waals surface area contributed by atoms with Crippen molar-refractivity contribution in [3.63, 3.8) is 0 Å². The Morgan fingerprint density at radius 3 is 2.65 bits per heavy atom. The van der Waals surface area contributed by atoms with Crippen LogP contribution in [-0.2, 0) is 15.8 Å². The fourth-order valence-electron chi connectivity index (χ4n) is 3.51. The van der Waals surface area contributed by atoms with Crippen LogP contribution in [0.25, 0.3) is 10.4 Å². The Bertz CT molecular complexity index is 763. The van der Waals surface area contributed by atoms with Crippen LogP contribution in [-0.4, -0.2) is 55.8 Å². The van der Waals surface area contributed by atoms with Crippen LogP contribution in [0.5, 0.6) is 0 Å². The number of benzene rings is 1. The first kappa shape index (κ1) is 25.2. The monoisotopic (exact) mass is 448 g/mol. The van der Waals surface area contributed by atoms with E-state index in [0.717, 1.165) is 18.4 Å². The van der Waals surface area contributed by atoms with E-state index in [1.165, 1.54) is 0 Å². The molecule has 1 aliphatic heterocycles. The van der Waals surface area contributed by atoms with Gasteiger partial charge in [-0.1, -0.05) is 56.2 Å². The summed E-state index contributed by atoms with van der Waals surface area (Å²) < 4.78 is 12.3. The summed E-state index contributed by atoms with van der Waals surface area (Å²) in [5.41, 5.74) is 9.50. The molecule has 1 heterocycles. The smallest absolute Gasteiger partial charge is 0.410 e. The molecule has 3 atom stereocenters. The minimum atomic E-state index is -2.09. The molecule has 0 radical (unpaired) electrons. The zero-order valence-corrected chi connectivity index (χ0v) is 20.3. The fourth-order valence-corrected chi connectivity index (χ4v) is 4.89. The first-order valence-corrected chi connectivity index (χ1v) is 13.8. The van der Waals surface area contributed by atoms with Crippen LogP contribution < -0.4 is 0 Å². The normalized spacial score (nSPS) is 20.6. The van der Waals surface area contributed by atoms with Crippen molar-refractivity contribution in [1.82, 2.24) is 4.90 Å². The van der Waals surface area contributed by atoms with Crippen LogP contribution in [0.15, 0.2) is 35.4 Å². The number of aliphatic hydroxyl groups is 1. The van der Waals surface area contributed by atoms with Crippen molar-refractivity contribution in [2.45, 2.75) is 83.0 Å². The number of rotatable bonds is 8. The third-order valence-corrected chi connectivity index (χ3v) is 10.8. The van der Waals surface area contributed by atoms with E-state index in [-0.39, 0.29) is 36.8 Å². The number of piperidine rings is 1. The Balaban J connectivity index is 2.18. The van der Waals surface area contributed by atoms with Crippen LogP contribution >= 0.6 is 0 Å². The number of hydrogen-bond donors (Lipinski definition) is 1. The average Bonchev–Trinajstić information content (AvgIpc) is 2.71. The zero-order valence-electron chi connectivity index (χ0n) is 19.3. The predicted octanol–water partition coefficient (Wildman–Crippen LogP) is 5.24. The van der Waals surface area contributed by atoms with Gasteiger partial charge in [0, 0.05) is 11.5 Å². The first-order chi connectivity index (χ1) is 14.5. The number of aliphatic hydroxyl groups excluding tert-OH is 1. The molecule has 2 rings (SSSR count). The maximum Gasteiger partial charge on any atom is 0.410 e. The summed E-state index contributed by atoms with van der Waals surface area (Å²) in [4.78, 5) is 17.4. The molecule has 0 spiro atoms. The quantitative estimate of drug-likeness (QED) is 0.254. The standard InChI is InChI=1S/C22H36N4O4Si/c1-22(2,3)31(4,5)30-20-12-9-13-26(19(20)14-18(27)15-24-25-23)21(28)29-16-17-10-7-6-8-11-17/h6-8,10-11,18-20,27H,9,12-16H2,1-5H3/t18-,19+,20-/m0/s1. The molecule has 0 aliphatic carbocycles. The third kappa shape index (κ3) is 7.24. The SMILES string of the molecule is CC(C)(C)[Si](C)(C)O[C@H]1CCCN(C(=O)OCc2ccccc2)[C@@H]1C[C@H](O)CN=[N+]=[N-]. The van der Waals surface area contributed by atoms with E-state index in [2.05, 4.69) is 43.9 Å². The second kappa shape index (κ2) is 11.0. The molecule has 1 aromatic carbocycles. The fraction of sp³-hybridized carbons (Fsp3) is 0.682. The second-order valence-electron chi connectivity index (χ2n) is 9.66. The van der Waals surface area contributed by atoms with Gasteiger partial charge in [0.2, 0.25) is 0 Å². The van der Waals surface area contributed by atoms with E-state index in [1.807, 2.05) is 30.3 Å². The Hall–Kier alpha value is -2.06. The van der Waals surface area contributed by atoms with E-state index in [0.29, 0.717) is 6.54 Å². The molecule has 31 heavy (non-hydrogen) atoms. The highest BCUT2D eigenvalue weighted by atomic mass is 28.4. The molecule has 1 aliphatic rings. The van der Waals surface area contributed by atoms with Crippen molar-refractivity contribution in [2.24, 2.45) is 5.11 Å². The van der Waals surface area contributed by atoms with Gasteiger partial charge in [-0.15, -0.1) is 0 Å². The number of likely N-dealkylation sites (tertiary alicyclic amines) is 1. The van der Waals surface area contributed by atoms with Crippen LogP contribution in [0.3, 0.4) is 0 Å². The number of carbonyl (C=O) groups is 1. The number of hydrogen-bond acceptors (Lipinski definition) is 5. The second-order valence-corrected chi connectivity index (χ2v) is 14.4. The Morgan fingerprint density at radius 1 is 1.35 bits per heavy atom. The number of amides is 1. The van der Waals surface area contributed by atoms with Crippen molar-refractivity contribution < 1.29 is 19.1 Å². The maximum absolute atomic E-state index is 13.0. The van der Waals surface area contributed by atoms with Gasteiger partial charge in [0.15, 0.2) is 8.32 Å². The molecule has 1 fully saturated rings. The molecule has 1 saturated heterocycles. The molecule has 1 N–H and O–H groups in total. The molecule has 0 unspecified atom stereocenters. The maximum atomic E-state index is 13.0. The number of nitrogens with zero attached hydrogens (tertiary/aromatic N) is 4. The highest BCUT2D eigenvalue weighted by molar-refractivity contribution is 6.74. The topological polar surface area (TPSA) is 108 Å². The van der Waals surface area contributed by atoms with Crippen LogP contribution in [0, 0.1) is 0 Å². The summed E-state index contributed by atoms with van der Waals surface area (Å²) in [5, 5.41) is 13.9. The van der Waals surface area contributed by atoms with E-state index >= 15 is 0 Å². The van der Waals surface area contributed by atoms with Crippen molar-refractivity contribution >= 4 is 14.4 Å². The van der Waals surface area contributed by atoms with Crippen LogP contribution in [0.4, 0.5) is 4.79 Å². The summed E-state index contributed by atoms with van der Waals surface area (Å²) >= 11 is 0. The van der Waals surface area contributed by atoms with E-state index in [4.69, 9.17) is 14.7 Å². The van der Waals surface area contributed by atoms with Gasteiger partial charge >= 0.3 is 6.09 Å². The number of ether oxygens (including phenoxy) is 1. The van der Waals surface area contributed by atoms with Gasteiger partial charge in [-0.3, -0.25) is 0 Å². The van der Waals surface area contributed by atoms with E-state index < -0.39 is 20.5 Å². The summed E-state index contributed by atoms with van der Waals surface area (Å²) in [5.74, 6) is 0. The largest absolute Gasteiger partial charge is 0.445 e. The summed E-state index contributed by atoms with van der Waals surface area (Å²) in [6.45, 7) is 11.6. The lowest BCUT2D eigenvalue weighted by atomic mass is 9.94. The molecule has 1 amide bonds. The molecule has 8 nitrogen and oxygen atoms in total. The molecule has 0 saturated carbocycles. The van der Waals surface area contributed by atoms with Crippen molar-refractivity contribution in [3.05, 3.63) is 46.3 Å². The van der Waals surface area contributed by atoms with Gasteiger partial charge in [-0.25, -0.2) is 4.79 Å². The Labute approximate surface area is 186 Å². The van der Waals surface area contributed by atoms with Gasteiger partial charge in [-0.05, 0) is 48.5 Å². The van der Waals surface area contributed by atoms with E-state index in [9.17, 15) is 9.90 Å². The minimum Gasteiger partial charge on any atom is -0.445 e. The molecule has 1 aromatic rings. The van der Waals surface area contributed by atoms with Gasteiger partial charge in [-0.2, -0.15) is 0 Å². The van der Waals surface area contributed by atoms with Gasteiger partial charge < -0.3 is 19.2 Å². The van der Waals surface area contributed by atoms with Gasteiger partial charge in [0.1, 0.15) is 6.61 Å². The first-order valence-electron chi connectivity index (χ1n) is 10.9. The lowest BCUT2D eigenvalue weighted by Gasteiger charge is -2.46. The Morgan fingerprint density at radius 2 is 2.03 bits per heavy atom. The van der Waals surface area contributed by atoms with Crippen molar-refractivity contribution in [2.75, 3.05) is 13.1 Å². The zero-order chi connectivity index (χ0) is 23.1. The van der Waals surface area contributed by atoms with Crippen molar-refractivity contribution in [1.29, 1.82) is 0 Å². The molecule has 0 aromatic heterocycles. The molecule has 9 heteroatoms. The summed E-state index contributed by atoms with van der Waals surface area (Å²) in [6.07, 6.45) is 0.442. The Kier molecular flexibility index (Phi) is 8.94. The molecular weight excluding hydrogens is 412 g/mol. The van der Waals surface area contributed by atoms with E-state index in [1.54, 1.807) is 4.90 Å². The lowest BCUT2D eigenvalue weighted by Crippen LogP contribution is -2.57.